The Kier molecular flexibility index (Phi) is 13.4. The van der Waals surface area contributed by atoms with E-state index >= 15 is 0 Å². The van der Waals surface area contributed by atoms with Gasteiger partial charge < -0.3 is 33.9 Å². The lowest BCUT2D eigenvalue weighted by atomic mass is 10.1. The highest BCUT2D eigenvalue weighted by Crippen LogP contribution is 2.41. The predicted molar refractivity (Wildman–Crippen MR) is 149 cm³/mol. The van der Waals surface area contributed by atoms with Crippen LogP contribution in [0.5, 0.6) is 0 Å². The standard InChI is InChI=1S/C25H42N5O11P/c1-14(2)10-17(22(31)36-6)28-42(35,29-18(11-15(3)4)23(32)37-7)39-12-19(21-16(5)40-25(34)41-21)38-13-30-9-8-20(26)27-24(30)33/h8-9,14-19,21H,10-13H2,1-7H3,(H2,26,27,33)(H2,28,29,35)/t16?,17?,18?,19-,21-,42?/m1/s1. The molecular formula is C25H42N5O11P. The molecule has 0 bridgehead atoms. The summed E-state index contributed by atoms with van der Waals surface area (Å²) < 4.78 is 47.3. The minimum atomic E-state index is -4.28. The molecule has 0 aliphatic carbocycles. The maximum absolute atomic E-state index is 14.3. The summed E-state index contributed by atoms with van der Waals surface area (Å²) in [5, 5.41) is 5.43. The van der Waals surface area contributed by atoms with Gasteiger partial charge in [-0.1, -0.05) is 27.7 Å². The molecule has 238 valence electrons. The summed E-state index contributed by atoms with van der Waals surface area (Å²) in [6, 6.07) is -0.754. The normalized spacial score (nSPS) is 20.4. The van der Waals surface area contributed by atoms with Crippen LogP contribution in [0.25, 0.3) is 0 Å². The van der Waals surface area contributed by atoms with Gasteiger partial charge in [0, 0.05) is 6.20 Å². The lowest BCUT2D eigenvalue weighted by Crippen LogP contribution is -2.46. The molecule has 2 rings (SSSR count). The number of hydrogen-bond acceptors (Lipinski definition) is 13. The number of anilines is 1. The SMILES string of the molecule is COC(=O)C(CC(C)C)NP(=O)(NC(CC(C)C)C(=O)OC)OC[C@@H](OCn1ccc(N)nc1=O)[C@@H]1OC(=O)OC1C. The van der Waals surface area contributed by atoms with Crippen molar-refractivity contribution in [3.63, 3.8) is 0 Å². The number of carbonyl (C=O) groups excluding carboxylic acids is 3. The Balaban J connectivity index is 2.40. The Hall–Kier alpha value is -3.04. The Morgan fingerprint density at radius 1 is 1.05 bits per heavy atom. The van der Waals surface area contributed by atoms with Crippen molar-refractivity contribution >= 4 is 31.6 Å². The fraction of sp³-hybridized carbons (Fsp3) is 0.720. The van der Waals surface area contributed by atoms with Crippen LogP contribution in [0, 0.1) is 11.8 Å². The maximum atomic E-state index is 14.3. The van der Waals surface area contributed by atoms with Crippen molar-refractivity contribution in [1.29, 1.82) is 0 Å². The van der Waals surface area contributed by atoms with Gasteiger partial charge in [-0.3, -0.25) is 18.7 Å². The number of aromatic nitrogens is 2. The summed E-state index contributed by atoms with van der Waals surface area (Å²) in [5.74, 6) is -1.39. The third kappa shape index (κ3) is 10.7. The Labute approximate surface area is 244 Å². The van der Waals surface area contributed by atoms with Crippen LogP contribution in [0.4, 0.5) is 10.6 Å². The Morgan fingerprint density at radius 2 is 1.60 bits per heavy atom. The molecule has 0 radical (unpaired) electrons. The molecule has 16 nitrogen and oxygen atoms in total. The average molecular weight is 620 g/mol. The van der Waals surface area contributed by atoms with E-state index in [-0.39, 0.29) is 37.2 Å². The summed E-state index contributed by atoms with van der Waals surface area (Å²) in [7, 11) is -1.89. The molecule has 4 N–H and O–H groups in total. The molecule has 0 aromatic carbocycles. The highest BCUT2D eigenvalue weighted by molar-refractivity contribution is 7.54. The van der Waals surface area contributed by atoms with E-state index in [0.717, 1.165) is 4.57 Å². The average Bonchev–Trinajstić information content (AvgIpc) is 3.24. The minimum Gasteiger partial charge on any atom is -0.468 e. The van der Waals surface area contributed by atoms with Crippen LogP contribution in [0.3, 0.4) is 0 Å². The lowest BCUT2D eigenvalue weighted by molar-refractivity contribution is -0.143. The topological polar surface area (TPSA) is 209 Å². The van der Waals surface area contributed by atoms with Gasteiger partial charge >= 0.3 is 31.5 Å². The summed E-state index contributed by atoms with van der Waals surface area (Å²) >= 11 is 0. The van der Waals surface area contributed by atoms with E-state index in [1.54, 1.807) is 6.92 Å². The Morgan fingerprint density at radius 3 is 2.02 bits per heavy atom. The predicted octanol–water partition coefficient (Wildman–Crippen LogP) is 1.57. The van der Waals surface area contributed by atoms with Crippen LogP contribution in [0.1, 0.15) is 47.5 Å². The number of methoxy groups -OCH3 is 2. The highest BCUT2D eigenvalue weighted by atomic mass is 31.2. The van der Waals surface area contributed by atoms with Crippen molar-refractivity contribution in [1.82, 2.24) is 19.7 Å². The zero-order valence-corrected chi connectivity index (χ0v) is 25.8. The fourth-order valence-corrected chi connectivity index (χ4v) is 5.94. The molecule has 0 amide bonds. The van der Waals surface area contributed by atoms with Gasteiger partial charge in [0.2, 0.25) is 0 Å². The minimum absolute atomic E-state index is 0.0130. The molecule has 1 saturated heterocycles. The molecule has 0 spiro atoms. The lowest BCUT2D eigenvalue weighted by Gasteiger charge is -2.31. The number of cyclic esters (lactones) is 2. The molecule has 1 fully saturated rings. The maximum Gasteiger partial charge on any atom is 0.509 e. The fourth-order valence-electron chi connectivity index (χ4n) is 4.12. The van der Waals surface area contributed by atoms with Crippen LogP contribution in [0.2, 0.25) is 0 Å². The van der Waals surface area contributed by atoms with Crippen molar-refractivity contribution in [2.45, 2.75) is 84.6 Å². The van der Waals surface area contributed by atoms with E-state index in [0.29, 0.717) is 0 Å². The van der Waals surface area contributed by atoms with Crippen molar-refractivity contribution in [3.05, 3.63) is 22.7 Å². The van der Waals surface area contributed by atoms with Gasteiger partial charge in [0.1, 0.15) is 36.8 Å². The molecule has 17 heteroatoms. The molecule has 2 heterocycles. The quantitative estimate of drug-likeness (QED) is 0.128. The molecule has 1 aromatic rings. The van der Waals surface area contributed by atoms with Crippen molar-refractivity contribution in [3.8, 4) is 0 Å². The summed E-state index contributed by atoms with van der Waals surface area (Å²) in [6.07, 6.45) is -2.08. The highest BCUT2D eigenvalue weighted by Gasteiger charge is 2.43. The first-order valence-electron chi connectivity index (χ1n) is 13.5. The number of nitrogen functional groups attached to an aromatic ring is 1. The first-order valence-corrected chi connectivity index (χ1v) is 15.1. The van der Waals surface area contributed by atoms with E-state index in [1.807, 2.05) is 27.7 Å². The first kappa shape index (κ1) is 35.2. The molecule has 42 heavy (non-hydrogen) atoms. The monoisotopic (exact) mass is 619 g/mol. The van der Waals surface area contributed by atoms with Crippen LogP contribution in [0.15, 0.2) is 17.1 Å². The van der Waals surface area contributed by atoms with Crippen molar-refractivity contribution in [2.75, 3.05) is 26.6 Å². The van der Waals surface area contributed by atoms with Gasteiger partial charge in [0.25, 0.3) is 0 Å². The number of nitrogens with two attached hydrogens (primary N) is 1. The largest absolute Gasteiger partial charge is 0.509 e. The van der Waals surface area contributed by atoms with Gasteiger partial charge in [-0.15, -0.1) is 0 Å². The number of rotatable bonds is 17. The second-order valence-electron chi connectivity index (χ2n) is 10.6. The van der Waals surface area contributed by atoms with Crippen LogP contribution < -0.4 is 21.6 Å². The number of nitrogens with zero attached hydrogens (tertiary/aromatic N) is 2. The van der Waals surface area contributed by atoms with E-state index in [4.69, 9.17) is 33.9 Å². The molecule has 5 atom stereocenters. The Bertz CT molecular complexity index is 1140. The molecule has 0 saturated carbocycles. The van der Waals surface area contributed by atoms with Crippen molar-refractivity contribution in [2.24, 2.45) is 11.8 Å². The van der Waals surface area contributed by atoms with Crippen molar-refractivity contribution < 1.29 is 47.2 Å². The summed E-state index contributed by atoms with van der Waals surface area (Å²) in [6.45, 7) is 8.15. The second kappa shape index (κ2) is 16.0. The van der Waals surface area contributed by atoms with Gasteiger partial charge in [0.05, 0.1) is 20.8 Å². The summed E-state index contributed by atoms with van der Waals surface area (Å²) in [5.41, 5.74) is 4.85. The molecule has 1 aliphatic heterocycles. The van der Waals surface area contributed by atoms with Gasteiger partial charge in [0.15, 0.2) is 6.10 Å². The van der Waals surface area contributed by atoms with Gasteiger partial charge in [-0.2, -0.15) is 4.98 Å². The number of esters is 2. The van der Waals surface area contributed by atoms with Crippen LogP contribution >= 0.6 is 7.67 Å². The molecule has 3 unspecified atom stereocenters. The number of hydrogen-bond donors (Lipinski definition) is 3. The first-order chi connectivity index (χ1) is 19.7. The zero-order valence-electron chi connectivity index (χ0n) is 24.9. The second-order valence-corrected chi connectivity index (χ2v) is 12.5. The molecule has 1 aromatic heterocycles. The van der Waals surface area contributed by atoms with Crippen LogP contribution in [-0.2, 0) is 49.1 Å². The third-order valence-corrected chi connectivity index (χ3v) is 7.94. The zero-order chi connectivity index (χ0) is 31.6. The van der Waals surface area contributed by atoms with E-state index in [2.05, 4.69) is 15.2 Å². The smallest absolute Gasteiger partial charge is 0.468 e. The third-order valence-electron chi connectivity index (χ3n) is 6.12. The van der Waals surface area contributed by atoms with E-state index in [1.165, 1.54) is 26.5 Å². The molecule has 1 aliphatic rings. The molecular weight excluding hydrogens is 577 g/mol. The number of nitrogens with one attached hydrogen (secondary N) is 2. The number of carbonyl (C=O) groups is 3. The summed E-state index contributed by atoms with van der Waals surface area (Å²) in [4.78, 5) is 52.9. The van der Waals surface area contributed by atoms with E-state index < -0.39 is 68.5 Å². The van der Waals surface area contributed by atoms with E-state index in [9.17, 15) is 23.7 Å². The van der Waals surface area contributed by atoms with Gasteiger partial charge in [-0.05, 0) is 37.7 Å². The van der Waals surface area contributed by atoms with Gasteiger partial charge in [-0.25, -0.2) is 19.8 Å². The van der Waals surface area contributed by atoms with Crippen LogP contribution in [-0.4, -0.2) is 78.9 Å². The number of ether oxygens (including phenoxy) is 5.